The highest BCUT2D eigenvalue weighted by molar-refractivity contribution is 5.91. The fourth-order valence-corrected chi connectivity index (χ4v) is 3.80. The van der Waals surface area contributed by atoms with Crippen LogP contribution in [0.2, 0.25) is 0 Å². The lowest BCUT2D eigenvalue weighted by molar-refractivity contribution is -0.125. The summed E-state index contributed by atoms with van der Waals surface area (Å²) in [5.41, 5.74) is 2.07. The van der Waals surface area contributed by atoms with Crippen LogP contribution in [-0.4, -0.2) is 29.7 Å². The first-order chi connectivity index (χ1) is 14.3. The van der Waals surface area contributed by atoms with Crippen LogP contribution in [0.3, 0.4) is 0 Å². The lowest BCUT2D eigenvalue weighted by Gasteiger charge is -2.34. The molecule has 0 saturated heterocycles. The molecule has 1 aromatic heterocycles. The molecule has 0 spiro atoms. The number of carbonyl (C=O) groups is 2. The van der Waals surface area contributed by atoms with Gasteiger partial charge in [-0.25, -0.2) is 4.79 Å². The first-order valence-corrected chi connectivity index (χ1v) is 10.5. The zero-order chi connectivity index (χ0) is 21.7. The number of aromatic nitrogens is 1. The summed E-state index contributed by atoms with van der Waals surface area (Å²) in [7, 11) is 0. The molecular formula is C23H30N2O5. The second-order valence-electron chi connectivity index (χ2n) is 8.13. The molecule has 7 heteroatoms. The molecule has 0 bridgehead atoms. The number of nitrogens with zero attached hydrogens (tertiary/aromatic N) is 1. The molecule has 3 atom stereocenters. The van der Waals surface area contributed by atoms with E-state index in [4.69, 9.17) is 14.0 Å². The largest absolute Gasteiger partial charge is 0.489 e. The van der Waals surface area contributed by atoms with E-state index in [2.05, 4.69) is 24.3 Å². The molecule has 30 heavy (non-hydrogen) atoms. The monoisotopic (exact) mass is 414 g/mol. The highest BCUT2D eigenvalue weighted by Crippen LogP contribution is 2.29. The smallest absolute Gasteiger partial charge is 0.338 e. The maximum Gasteiger partial charge on any atom is 0.338 e. The van der Waals surface area contributed by atoms with E-state index in [1.165, 1.54) is 6.42 Å². The Kier molecular flexibility index (Phi) is 7.13. The van der Waals surface area contributed by atoms with Gasteiger partial charge in [0.25, 0.3) is 5.91 Å². The summed E-state index contributed by atoms with van der Waals surface area (Å²) >= 11 is 0. The van der Waals surface area contributed by atoms with Crippen LogP contribution >= 0.6 is 0 Å². The lowest BCUT2D eigenvalue weighted by atomic mass is 9.78. The molecular weight excluding hydrogens is 384 g/mol. The standard InChI is InChI=1S/C23H30N2O5/c1-14-6-5-7-21(15(14)2)24-22(26)13-29-23(27)18-8-10-19(11-9-18)28-12-20-16(3)25-30-17(20)4/h8-11,14-15,21H,5-7,12-13H2,1-4H3,(H,24,26)/t14-,15+,21-/m1/s1. The predicted molar refractivity (Wildman–Crippen MR) is 111 cm³/mol. The number of carbonyl (C=O) groups excluding carboxylic acids is 2. The van der Waals surface area contributed by atoms with Crippen LogP contribution in [0, 0.1) is 25.7 Å². The van der Waals surface area contributed by atoms with E-state index in [0.29, 0.717) is 29.8 Å². The number of aryl methyl sites for hydroxylation is 2. The number of hydrogen-bond donors (Lipinski definition) is 1. The third-order valence-corrected chi connectivity index (χ3v) is 6.04. The molecule has 0 radical (unpaired) electrons. The van der Waals surface area contributed by atoms with Crippen molar-refractivity contribution < 1.29 is 23.6 Å². The quantitative estimate of drug-likeness (QED) is 0.690. The van der Waals surface area contributed by atoms with Gasteiger partial charge in [-0.1, -0.05) is 31.8 Å². The van der Waals surface area contributed by atoms with Crippen LogP contribution < -0.4 is 10.1 Å². The molecule has 162 valence electrons. The van der Waals surface area contributed by atoms with Crippen molar-refractivity contribution in [3.63, 3.8) is 0 Å². The van der Waals surface area contributed by atoms with E-state index >= 15 is 0 Å². The van der Waals surface area contributed by atoms with Crippen molar-refractivity contribution in [3.8, 4) is 5.75 Å². The normalized spacial score (nSPS) is 21.1. The molecule has 2 aromatic rings. The second kappa shape index (κ2) is 9.78. The van der Waals surface area contributed by atoms with Crippen LogP contribution in [0.4, 0.5) is 0 Å². The Balaban J connectivity index is 1.45. The molecule has 0 unspecified atom stereocenters. The third kappa shape index (κ3) is 5.40. The number of benzene rings is 1. The van der Waals surface area contributed by atoms with Gasteiger partial charge in [0, 0.05) is 6.04 Å². The predicted octanol–water partition coefficient (Wildman–Crippen LogP) is 3.97. The van der Waals surface area contributed by atoms with Crippen molar-refractivity contribution in [2.24, 2.45) is 11.8 Å². The van der Waals surface area contributed by atoms with Crippen LogP contribution in [0.25, 0.3) is 0 Å². The molecule has 1 aliphatic rings. The molecule has 0 aliphatic heterocycles. The Hall–Kier alpha value is -2.83. The maximum absolute atomic E-state index is 12.2. The number of ether oxygens (including phenoxy) is 2. The molecule has 3 rings (SSSR count). The van der Waals surface area contributed by atoms with E-state index in [0.717, 1.165) is 29.9 Å². The molecule has 1 saturated carbocycles. The van der Waals surface area contributed by atoms with Gasteiger partial charge in [0.15, 0.2) is 6.61 Å². The van der Waals surface area contributed by atoms with Crippen LogP contribution in [0.15, 0.2) is 28.8 Å². The van der Waals surface area contributed by atoms with Crippen molar-refractivity contribution in [3.05, 3.63) is 46.8 Å². The summed E-state index contributed by atoms with van der Waals surface area (Å²) in [6.07, 6.45) is 3.28. The topological polar surface area (TPSA) is 90.7 Å². The number of esters is 1. The summed E-state index contributed by atoms with van der Waals surface area (Å²) in [6, 6.07) is 6.77. The Morgan fingerprint density at radius 3 is 2.57 bits per heavy atom. The maximum atomic E-state index is 12.2. The number of rotatable bonds is 7. The van der Waals surface area contributed by atoms with Crippen molar-refractivity contribution >= 4 is 11.9 Å². The van der Waals surface area contributed by atoms with Gasteiger partial charge in [0.1, 0.15) is 18.1 Å². The molecule has 1 aliphatic carbocycles. The summed E-state index contributed by atoms with van der Waals surface area (Å²) in [5.74, 6) is 1.57. The summed E-state index contributed by atoms with van der Waals surface area (Å²) in [4.78, 5) is 24.4. The van der Waals surface area contributed by atoms with Crippen LogP contribution in [-0.2, 0) is 16.1 Å². The fraction of sp³-hybridized carbons (Fsp3) is 0.522. The SMILES string of the molecule is Cc1noc(C)c1COc1ccc(C(=O)OCC(=O)N[C@@H]2CCC[C@@H](C)[C@@H]2C)cc1. The first kappa shape index (κ1) is 21.9. The third-order valence-electron chi connectivity index (χ3n) is 6.04. The van der Waals surface area contributed by atoms with E-state index in [1.54, 1.807) is 24.3 Å². The minimum Gasteiger partial charge on any atom is -0.489 e. The van der Waals surface area contributed by atoms with Gasteiger partial charge in [-0.3, -0.25) is 4.79 Å². The zero-order valence-electron chi connectivity index (χ0n) is 18.1. The highest BCUT2D eigenvalue weighted by Gasteiger charge is 2.28. The number of hydrogen-bond acceptors (Lipinski definition) is 6. The molecule has 1 amide bonds. The summed E-state index contributed by atoms with van der Waals surface area (Å²) in [5, 5.41) is 6.90. The van der Waals surface area contributed by atoms with Crippen molar-refractivity contribution in [2.75, 3.05) is 6.61 Å². The summed E-state index contributed by atoms with van der Waals surface area (Å²) in [6.45, 7) is 8.13. The summed E-state index contributed by atoms with van der Waals surface area (Å²) < 4.78 is 16.0. The van der Waals surface area contributed by atoms with Crippen molar-refractivity contribution in [1.82, 2.24) is 10.5 Å². The molecule has 1 heterocycles. The Labute approximate surface area is 177 Å². The van der Waals surface area contributed by atoms with E-state index in [1.807, 2.05) is 13.8 Å². The van der Waals surface area contributed by atoms with Gasteiger partial charge >= 0.3 is 5.97 Å². The van der Waals surface area contributed by atoms with Crippen LogP contribution in [0.5, 0.6) is 5.75 Å². The molecule has 1 fully saturated rings. The lowest BCUT2D eigenvalue weighted by Crippen LogP contribution is -2.45. The second-order valence-corrected chi connectivity index (χ2v) is 8.13. The Bertz CT molecular complexity index is 855. The van der Waals surface area contributed by atoms with E-state index in [-0.39, 0.29) is 18.6 Å². The van der Waals surface area contributed by atoms with Crippen molar-refractivity contribution in [2.45, 2.75) is 59.6 Å². The minimum absolute atomic E-state index is 0.147. The highest BCUT2D eigenvalue weighted by atomic mass is 16.5. The Morgan fingerprint density at radius 1 is 1.17 bits per heavy atom. The van der Waals surface area contributed by atoms with Gasteiger partial charge in [0.05, 0.1) is 16.8 Å². The minimum atomic E-state index is -0.535. The van der Waals surface area contributed by atoms with E-state index < -0.39 is 5.97 Å². The van der Waals surface area contributed by atoms with Crippen molar-refractivity contribution in [1.29, 1.82) is 0 Å². The van der Waals surface area contributed by atoms with Gasteiger partial charge < -0.3 is 19.3 Å². The van der Waals surface area contributed by atoms with Gasteiger partial charge in [0.2, 0.25) is 0 Å². The molecule has 7 nitrogen and oxygen atoms in total. The van der Waals surface area contributed by atoms with E-state index in [9.17, 15) is 9.59 Å². The Morgan fingerprint density at radius 2 is 1.90 bits per heavy atom. The average molecular weight is 415 g/mol. The average Bonchev–Trinajstić information content (AvgIpc) is 3.06. The molecule has 1 N–H and O–H groups in total. The first-order valence-electron chi connectivity index (χ1n) is 10.5. The van der Waals surface area contributed by atoms with Crippen LogP contribution in [0.1, 0.15) is 60.5 Å². The van der Waals surface area contributed by atoms with Gasteiger partial charge in [-0.05, 0) is 56.4 Å². The van der Waals surface area contributed by atoms with Gasteiger partial charge in [-0.2, -0.15) is 0 Å². The van der Waals surface area contributed by atoms with Gasteiger partial charge in [-0.15, -0.1) is 0 Å². The number of amides is 1. The zero-order valence-corrected chi connectivity index (χ0v) is 18.1. The number of nitrogens with one attached hydrogen (secondary N) is 1. The fourth-order valence-electron chi connectivity index (χ4n) is 3.80. The molecule has 1 aromatic carbocycles.